The molecular weight excluding hydrogens is 268 g/mol. The molecule has 0 unspecified atom stereocenters. The van der Waals surface area contributed by atoms with Crippen molar-refractivity contribution in [3.63, 3.8) is 0 Å². The van der Waals surface area contributed by atoms with Gasteiger partial charge in [-0.2, -0.15) is 5.10 Å². The maximum absolute atomic E-state index is 11.6. The summed E-state index contributed by atoms with van der Waals surface area (Å²) in [5.74, 6) is 0.834. The minimum atomic E-state index is -0.174. The molecule has 0 aliphatic rings. The monoisotopic (exact) mass is 288 g/mol. The number of hydrogen-bond donors (Lipinski definition) is 2. The lowest BCUT2D eigenvalue weighted by molar-refractivity contribution is 0.240. The third-order valence-electron chi connectivity index (χ3n) is 3.07. The number of carbonyl (C=O) groups is 1. The number of methoxy groups -OCH3 is 1. The first-order chi connectivity index (χ1) is 10.2. The van der Waals surface area contributed by atoms with Crippen molar-refractivity contribution in [1.29, 1.82) is 0 Å². The first-order valence-corrected chi connectivity index (χ1v) is 6.79. The Bertz CT molecular complexity index is 578. The van der Waals surface area contributed by atoms with Gasteiger partial charge in [-0.3, -0.25) is 4.68 Å². The summed E-state index contributed by atoms with van der Waals surface area (Å²) in [5, 5.41) is 9.67. The van der Waals surface area contributed by atoms with Crippen molar-refractivity contribution in [2.75, 3.05) is 13.7 Å². The number of amides is 2. The molecule has 1 aromatic carbocycles. The van der Waals surface area contributed by atoms with Crippen LogP contribution in [0.25, 0.3) is 0 Å². The number of hydrogen-bond acceptors (Lipinski definition) is 3. The highest BCUT2D eigenvalue weighted by atomic mass is 16.5. The molecular formula is C15H20N4O2. The van der Waals surface area contributed by atoms with Crippen LogP contribution in [-0.4, -0.2) is 29.5 Å². The smallest absolute Gasteiger partial charge is 0.315 e. The number of carbonyl (C=O) groups excluding carboxylic acids is 1. The SMILES string of the molecule is COc1ccc(CCNC(=O)NCc2cnn(C)c2)cc1. The van der Waals surface area contributed by atoms with E-state index in [0.29, 0.717) is 13.1 Å². The van der Waals surface area contributed by atoms with Crippen LogP contribution >= 0.6 is 0 Å². The molecule has 0 saturated heterocycles. The number of urea groups is 1. The number of nitrogens with one attached hydrogen (secondary N) is 2. The number of rotatable bonds is 6. The lowest BCUT2D eigenvalue weighted by Gasteiger charge is -2.07. The van der Waals surface area contributed by atoms with Crippen LogP contribution in [0.2, 0.25) is 0 Å². The van der Waals surface area contributed by atoms with Gasteiger partial charge in [0.15, 0.2) is 0 Å². The Kier molecular flexibility index (Phi) is 5.20. The molecule has 2 rings (SSSR count). The summed E-state index contributed by atoms with van der Waals surface area (Å²) in [4.78, 5) is 11.6. The van der Waals surface area contributed by atoms with E-state index in [1.807, 2.05) is 37.5 Å². The van der Waals surface area contributed by atoms with E-state index < -0.39 is 0 Å². The Labute approximate surface area is 124 Å². The topological polar surface area (TPSA) is 68.2 Å². The van der Waals surface area contributed by atoms with Crippen molar-refractivity contribution in [3.05, 3.63) is 47.8 Å². The molecule has 1 heterocycles. The summed E-state index contributed by atoms with van der Waals surface area (Å²) in [6.45, 7) is 1.06. The van der Waals surface area contributed by atoms with E-state index in [1.54, 1.807) is 18.0 Å². The van der Waals surface area contributed by atoms with Crippen LogP contribution in [0.15, 0.2) is 36.7 Å². The van der Waals surface area contributed by atoms with Crippen LogP contribution in [0.4, 0.5) is 4.79 Å². The van der Waals surface area contributed by atoms with Crippen LogP contribution in [0.5, 0.6) is 5.75 Å². The van der Waals surface area contributed by atoms with Crippen LogP contribution < -0.4 is 15.4 Å². The number of nitrogens with zero attached hydrogens (tertiary/aromatic N) is 2. The summed E-state index contributed by atoms with van der Waals surface area (Å²) in [6.07, 6.45) is 4.39. The van der Waals surface area contributed by atoms with Gasteiger partial charge in [0.2, 0.25) is 0 Å². The van der Waals surface area contributed by atoms with E-state index in [0.717, 1.165) is 23.3 Å². The molecule has 6 heteroatoms. The average molecular weight is 288 g/mol. The molecule has 2 N–H and O–H groups in total. The Morgan fingerprint density at radius 3 is 2.62 bits per heavy atom. The van der Waals surface area contributed by atoms with Crippen molar-refractivity contribution in [2.45, 2.75) is 13.0 Å². The normalized spacial score (nSPS) is 10.2. The van der Waals surface area contributed by atoms with Crippen molar-refractivity contribution in [3.8, 4) is 5.75 Å². The number of ether oxygens (including phenoxy) is 1. The maximum atomic E-state index is 11.6. The van der Waals surface area contributed by atoms with Gasteiger partial charge in [-0.15, -0.1) is 0 Å². The number of benzene rings is 1. The van der Waals surface area contributed by atoms with Gasteiger partial charge in [0.1, 0.15) is 5.75 Å². The fourth-order valence-corrected chi connectivity index (χ4v) is 1.92. The van der Waals surface area contributed by atoms with Crippen molar-refractivity contribution < 1.29 is 9.53 Å². The predicted molar refractivity (Wildman–Crippen MR) is 80.1 cm³/mol. The highest BCUT2D eigenvalue weighted by molar-refractivity contribution is 5.73. The standard InChI is InChI=1S/C15H20N4O2/c1-19-11-13(10-18-19)9-17-15(20)16-8-7-12-3-5-14(21-2)6-4-12/h3-6,10-11H,7-9H2,1-2H3,(H2,16,17,20). The van der Waals surface area contributed by atoms with Crippen molar-refractivity contribution in [2.24, 2.45) is 7.05 Å². The molecule has 2 amide bonds. The lowest BCUT2D eigenvalue weighted by atomic mass is 10.1. The molecule has 0 atom stereocenters. The van der Waals surface area contributed by atoms with Gasteiger partial charge in [0.25, 0.3) is 0 Å². The number of aryl methyl sites for hydroxylation is 1. The second kappa shape index (κ2) is 7.33. The molecule has 0 aliphatic carbocycles. The summed E-state index contributed by atoms with van der Waals surface area (Å²) < 4.78 is 6.81. The molecule has 0 fully saturated rings. The van der Waals surface area contributed by atoms with E-state index in [2.05, 4.69) is 15.7 Å². The van der Waals surface area contributed by atoms with Gasteiger partial charge in [-0.05, 0) is 24.1 Å². The van der Waals surface area contributed by atoms with Gasteiger partial charge in [0.05, 0.1) is 13.3 Å². The van der Waals surface area contributed by atoms with Gasteiger partial charge in [-0.1, -0.05) is 12.1 Å². The minimum absolute atomic E-state index is 0.174. The average Bonchev–Trinajstić information content (AvgIpc) is 2.91. The van der Waals surface area contributed by atoms with Crippen molar-refractivity contribution >= 4 is 6.03 Å². The predicted octanol–water partition coefficient (Wildman–Crippen LogP) is 1.47. The van der Waals surface area contributed by atoms with Gasteiger partial charge >= 0.3 is 6.03 Å². The van der Waals surface area contributed by atoms with E-state index in [9.17, 15) is 4.79 Å². The zero-order chi connectivity index (χ0) is 15.1. The van der Waals surface area contributed by atoms with Crippen LogP contribution in [-0.2, 0) is 20.0 Å². The third kappa shape index (κ3) is 4.83. The minimum Gasteiger partial charge on any atom is -0.497 e. The summed E-state index contributed by atoms with van der Waals surface area (Å²) in [6, 6.07) is 7.64. The first-order valence-electron chi connectivity index (χ1n) is 6.79. The molecule has 0 aliphatic heterocycles. The Balaban J connectivity index is 1.66. The highest BCUT2D eigenvalue weighted by Gasteiger charge is 2.02. The fraction of sp³-hybridized carbons (Fsp3) is 0.333. The molecule has 6 nitrogen and oxygen atoms in total. The third-order valence-corrected chi connectivity index (χ3v) is 3.07. The summed E-state index contributed by atoms with van der Waals surface area (Å²) in [7, 11) is 3.49. The molecule has 0 bridgehead atoms. The lowest BCUT2D eigenvalue weighted by Crippen LogP contribution is -2.36. The molecule has 2 aromatic rings. The fourth-order valence-electron chi connectivity index (χ4n) is 1.92. The maximum Gasteiger partial charge on any atom is 0.315 e. The summed E-state index contributed by atoms with van der Waals surface area (Å²) in [5.41, 5.74) is 2.13. The molecule has 0 saturated carbocycles. The largest absolute Gasteiger partial charge is 0.497 e. The van der Waals surface area contributed by atoms with Gasteiger partial charge in [-0.25, -0.2) is 4.79 Å². The molecule has 0 spiro atoms. The molecule has 21 heavy (non-hydrogen) atoms. The van der Waals surface area contributed by atoms with Gasteiger partial charge < -0.3 is 15.4 Å². The van der Waals surface area contributed by atoms with E-state index in [1.165, 1.54) is 0 Å². The van der Waals surface area contributed by atoms with E-state index >= 15 is 0 Å². The van der Waals surface area contributed by atoms with Crippen LogP contribution in [0.3, 0.4) is 0 Å². The highest BCUT2D eigenvalue weighted by Crippen LogP contribution is 2.11. The summed E-state index contributed by atoms with van der Waals surface area (Å²) >= 11 is 0. The molecule has 112 valence electrons. The Hall–Kier alpha value is -2.50. The second-order valence-corrected chi connectivity index (χ2v) is 4.73. The van der Waals surface area contributed by atoms with E-state index in [4.69, 9.17) is 4.74 Å². The van der Waals surface area contributed by atoms with Crippen molar-refractivity contribution in [1.82, 2.24) is 20.4 Å². The Morgan fingerprint density at radius 2 is 2.00 bits per heavy atom. The molecule has 0 radical (unpaired) electrons. The van der Waals surface area contributed by atoms with E-state index in [-0.39, 0.29) is 6.03 Å². The zero-order valence-electron chi connectivity index (χ0n) is 12.3. The molecule has 1 aromatic heterocycles. The quantitative estimate of drug-likeness (QED) is 0.846. The van der Waals surface area contributed by atoms with Crippen LogP contribution in [0, 0.1) is 0 Å². The number of aromatic nitrogens is 2. The van der Waals surface area contributed by atoms with Crippen LogP contribution in [0.1, 0.15) is 11.1 Å². The first kappa shape index (κ1) is 14.9. The zero-order valence-corrected chi connectivity index (χ0v) is 12.3. The van der Waals surface area contributed by atoms with Gasteiger partial charge in [0, 0.05) is 31.9 Å². The second-order valence-electron chi connectivity index (χ2n) is 4.73. The Morgan fingerprint density at radius 1 is 1.24 bits per heavy atom.